The maximum atomic E-state index is 12.2. The zero-order valence-electron chi connectivity index (χ0n) is 11.8. The van der Waals surface area contributed by atoms with Crippen molar-refractivity contribution in [3.05, 3.63) is 0 Å². The minimum Gasteiger partial charge on any atom is -0.480 e. The molecule has 2 fully saturated rings. The van der Waals surface area contributed by atoms with Gasteiger partial charge in [0.15, 0.2) is 0 Å². The minimum atomic E-state index is -0.891. The quantitative estimate of drug-likeness (QED) is 0.805. The molecule has 1 aliphatic carbocycles. The van der Waals surface area contributed by atoms with Crippen LogP contribution in [0, 0.1) is 11.8 Å². The highest BCUT2D eigenvalue weighted by Gasteiger charge is 2.36. The van der Waals surface area contributed by atoms with Crippen LogP contribution in [-0.4, -0.2) is 40.6 Å². The van der Waals surface area contributed by atoms with Crippen LogP contribution in [-0.2, 0) is 4.79 Å². The SMILES string of the molecule is CC1CCC(NC(=O)N2CCC[C@@H]2C(=O)O)C(C)C1. The van der Waals surface area contributed by atoms with Crippen molar-refractivity contribution in [2.45, 2.75) is 58.0 Å². The summed E-state index contributed by atoms with van der Waals surface area (Å²) < 4.78 is 0. The number of nitrogens with one attached hydrogen (secondary N) is 1. The highest BCUT2D eigenvalue weighted by molar-refractivity contribution is 5.83. The van der Waals surface area contributed by atoms with E-state index in [1.165, 1.54) is 4.90 Å². The monoisotopic (exact) mass is 268 g/mol. The lowest BCUT2D eigenvalue weighted by atomic mass is 9.80. The minimum absolute atomic E-state index is 0.193. The molecule has 1 saturated carbocycles. The lowest BCUT2D eigenvalue weighted by Crippen LogP contribution is -2.51. The fourth-order valence-corrected chi connectivity index (χ4v) is 3.39. The topological polar surface area (TPSA) is 69.6 Å². The van der Waals surface area contributed by atoms with Gasteiger partial charge in [0, 0.05) is 12.6 Å². The molecule has 2 aliphatic rings. The maximum absolute atomic E-state index is 12.2. The molecule has 0 bridgehead atoms. The van der Waals surface area contributed by atoms with E-state index in [9.17, 15) is 9.59 Å². The molecule has 2 N–H and O–H groups in total. The molecular weight excluding hydrogens is 244 g/mol. The Labute approximate surface area is 114 Å². The van der Waals surface area contributed by atoms with E-state index in [-0.39, 0.29) is 12.1 Å². The molecule has 3 unspecified atom stereocenters. The summed E-state index contributed by atoms with van der Waals surface area (Å²) >= 11 is 0. The number of carbonyl (C=O) groups excluding carboxylic acids is 1. The van der Waals surface area contributed by atoms with Crippen LogP contribution in [0.15, 0.2) is 0 Å². The Morgan fingerprint density at radius 3 is 2.58 bits per heavy atom. The number of carbonyl (C=O) groups is 2. The summed E-state index contributed by atoms with van der Waals surface area (Å²) in [5, 5.41) is 12.1. The fraction of sp³-hybridized carbons (Fsp3) is 0.857. The van der Waals surface area contributed by atoms with Gasteiger partial charge in [-0.2, -0.15) is 0 Å². The third-order valence-corrected chi connectivity index (χ3v) is 4.54. The van der Waals surface area contributed by atoms with E-state index in [0.717, 1.165) is 31.6 Å². The third-order valence-electron chi connectivity index (χ3n) is 4.54. The van der Waals surface area contributed by atoms with Crippen molar-refractivity contribution in [3.8, 4) is 0 Å². The summed E-state index contributed by atoms with van der Waals surface area (Å²) in [5.74, 6) is 0.304. The average molecular weight is 268 g/mol. The molecule has 5 heteroatoms. The van der Waals surface area contributed by atoms with Crippen LogP contribution in [0.4, 0.5) is 4.79 Å². The first kappa shape index (κ1) is 14.2. The number of aliphatic carboxylic acids is 1. The number of urea groups is 1. The molecule has 108 valence electrons. The average Bonchev–Trinajstić information content (AvgIpc) is 2.82. The Bertz CT molecular complexity index is 359. The molecule has 0 radical (unpaired) electrons. The number of likely N-dealkylation sites (tertiary alicyclic amines) is 1. The first-order chi connectivity index (χ1) is 8.99. The van der Waals surface area contributed by atoms with Crippen LogP contribution < -0.4 is 5.32 Å². The van der Waals surface area contributed by atoms with Crippen LogP contribution in [0.3, 0.4) is 0 Å². The van der Waals surface area contributed by atoms with Crippen LogP contribution in [0.1, 0.15) is 46.0 Å². The highest BCUT2D eigenvalue weighted by atomic mass is 16.4. The van der Waals surface area contributed by atoms with Gasteiger partial charge in [-0.25, -0.2) is 9.59 Å². The Kier molecular flexibility index (Phi) is 4.32. The van der Waals surface area contributed by atoms with Crippen molar-refractivity contribution < 1.29 is 14.7 Å². The fourth-order valence-electron chi connectivity index (χ4n) is 3.39. The summed E-state index contributed by atoms with van der Waals surface area (Å²) in [6, 6.07) is -0.645. The molecule has 0 aromatic carbocycles. The molecule has 2 rings (SSSR count). The van der Waals surface area contributed by atoms with Gasteiger partial charge in [-0.3, -0.25) is 0 Å². The first-order valence-corrected chi connectivity index (χ1v) is 7.29. The summed E-state index contributed by atoms with van der Waals surface area (Å²) in [6.07, 6.45) is 4.62. The summed E-state index contributed by atoms with van der Waals surface area (Å²) in [4.78, 5) is 24.8. The van der Waals surface area contributed by atoms with E-state index in [4.69, 9.17) is 5.11 Å². The smallest absolute Gasteiger partial charge is 0.326 e. The second-order valence-electron chi connectivity index (χ2n) is 6.14. The predicted octanol–water partition coefficient (Wildman–Crippen LogP) is 2.07. The van der Waals surface area contributed by atoms with Gasteiger partial charge < -0.3 is 15.3 Å². The standard InChI is InChI=1S/C14H24N2O3/c1-9-5-6-11(10(2)8-9)15-14(19)16-7-3-4-12(16)13(17)18/h9-12H,3-8H2,1-2H3,(H,15,19)(H,17,18)/t9?,10?,11?,12-/m1/s1. The Morgan fingerprint density at radius 1 is 1.21 bits per heavy atom. The molecule has 0 aromatic rings. The largest absolute Gasteiger partial charge is 0.480 e. The molecule has 1 saturated heterocycles. The normalized spacial score (nSPS) is 35.2. The van der Waals surface area contributed by atoms with Gasteiger partial charge in [-0.1, -0.05) is 13.8 Å². The molecule has 5 nitrogen and oxygen atoms in total. The van der Waals surface area contributed by atoms with Crippen LogP contribution in [0.5, 0.6) is 0 Å². The van der Waals surface area contributed by atoms with Crippen molar-refractivity contribution in [3.63, 3.8) is 0 Å². The number of nitrogens with zero attached hydrogens (tertiary/aromatic N) is 1. The van der Waals surface area contributed by atoms with Crippen LogP contribution in [0.2, 0.25) is 0 Å². The molecule has 0 spiro atoms. The van der Waals surface area contributed by atoms with Gasteiger partial charge in [-0.15, -0.1) is 0 Å². The second-order valence-corrected chi connectivity index (χ2v) is 6.14. The van der Waals surface area contributed by atoms with Gasteiger partial charge in [0.1, 0.15) is 6.04 Å². The van der Waals surface area contributed by atoms with E-state index >= 15 is 0 Å². The zero-order chi connectivity index (χ0) is 14.0. The molecule has 4 atom stereocenters. The summed E-state index contributed by atoms with van der Waals surface area (Å²) in [7, 11) is 0. The zero-order valence-corrected chi connectivity index (χ0v) is 11.8. The Balaban J connectivity index is 1.92. The lowest BCUT2D eigenvalue weighted by molar-refractivity contribution is -0.141. The van der Waals surface area contributed by atoms with Crippen molar-refractivity contribution in [1.82, 2.24) is 10.2 Å². The number of amides is 2. The van der Waals surface area contributed by atoms with Crippen molar-refractivity contribution in [2.75, 3.05) is 6.54 Å². The highest BCUT2D eigenvalue weighted by Crippen LogP contribution is 2.29. The number of rotatable bonds is 2. The number of carboxylic acids is 1. The van der Waals surface area contributed by atoms with Crippen molar-refractivity contribution >= 4 is 12.0 Å². The van der Waals surface area contributed by atoms with E-state index in [2.05, 4.69) is 19.2 Å². The van der Waals surface area contributed by atoms with Gasteiger partial charge >= 0.3 is 12.0 Å². The van der Waals surface area contributed by atoms with Crippen LogP contribution in [0.25, 0.3) is 0 Å². The second kappa shape index (κ2) is 5.80. The van der Waals surface area contributed by atoms with Gasteiger partial charge in [0.05, 0.1) is 0 Å². The maximum Gasteiger partial charge on any atom is 0.326 e. The molecule has 2 amide bonds. The molecule has 1 heterocycles. The molecule has 1 aliphatic heterocycles. The number of hydrogen-bond donors (Lipinski definition) is 2. The Hall–Kier alpha value is -1.26. The van der Waals surface area contributed by atoms with E-state index in [0.29, 0.717) is 18.9 Å². The lowest BCUT2D eigenvalue weighted by Gasteiger charge is -2.34. The number of hydrogen-bond acceptors (Lipinski definition) is 2. The molecular formula is C14H24N2O3. The van der Waals surface area contributed by atoms with Gasteiger partial charge in [0.25, 0.3) is 0 Å². The van der Waals surface area contributed by atoms with E-state index in [1.54, 1.807) is 0 Å². The predicted molar refractivity (Wildman–Crippen MR) is 71.9 cm³/mol. The summed E-state index contributed by atoms with van der Waals surface area (Å²) in [6.45, 7) is 4.97. The van der Waals surface area contributed by atoms with E-state index < -0.39 is 12.0 Å². The number of carboxylic acid groups (broad SMARTS) is 1. The Morgan fingerprint density at radius 2 is 1.95 bits per heavy atom. The van der Waals surface area contributed by atoms with Gasteiger partial charge in [0.2, 0.25) is 0 Å². The summed E-state index contributed by atoms with van der Waals surface area (Å²) in [5.41, 5.74) is 0. The molecule has 19 heavy (non-hydrogen) atoms. The van der Waals surface area contributed by atoms with Gasteiger partial charge in [-0.05, 0) is 43.9 Å². The molecule has 0 aromatic heterocycles. The first-order valence-electron chi connectivity index (χ1n) is 7.29. The van der Waals surface area contributed by atoms with E-state index in [1.807, 2.05) is 0 Å². The van der Waals surface area contributed by atoms with Crippen LogP contribution >= 0.6 is 0 Å². The van der Waals surface area contributed by atoms with Crippen molar-refractivity contribution in [1.29, 1.82) is 0 Å². The third kappa shape index (κ3) is 3.19. The van der Waals surface area contributed by atoms with Crippen molar-refractivity contribution in [2.24, 2.45) is 11.8 Å².